The number of rotatable bonds is 4. The number of halogens is 2. The van der Waals surface area contributed by atoms with Gasteiger partial charge in [-0.2, -0.15) is 4.98 Å². The number of nitrogens with one attached hydrogen (secondary N) is 1. The van der Waals surface area contributed by atoms with Gasteiger partial charge in [0, 0.05) is 41.2 Å². The van der Waals surface area contributed by atoms with Crippen molar-refractivity contribution in [2.24, 2.45) is 5.92 Å². The van der Waals surface area contributed by atoms with Crippen LogP contribution in [-0.2, 0) is 4.79 Å². The third-order valence-electron chi connectivity index (χ3n) is 4.02. The van der Waals surface area contributed by atoms with E-state index in [1.54, 1.807) is 18.2 Å². The summed E-state index contributed by atoms with van der Waals surface area (Å²) in [5.74, 6) is 0.618. The lowest BCUT2D eigenvalue weighted by Gasteiger charge is -2.29. The van der Waals surface area contributed by atoms with Gasteiger partial charge in [0.15, 0.2) is 0 Å². The van der Waals surface area contributed by atoms with Crippen molar-refractivity contribution in [3.63, 3.8) is 0 Å². The highest BCUT2D eigenvalue weighted by atomic mass is 35.5. The maximum absolute atomic E-state index is 11.9. The Morgan fingerprint density at radius 1 is 1.29 bits per heavy atom. The molecule has 1 aliphatic rings. The summed E-state index contributed by atoms with van der Waals surface area (Å²) in [6, 6.07) is 5.59. The lowest BCUT2D eigenvalue weighted by molar-refractivity contribution is -0.125. The van der Waals surface area contributed by atoms with Gasteiger partial charge in [-0.25, -0.2) is 0 Å². The second-order valence-electron chi connectivity index (χ2n) is 5.71. The second-order valence-corrected chi connectivity index (χ2v) is 6.59. The summed E-state index contributed by atoms with van der Waals surface area (Å²) < 4.78 is 5.36. The van der Waals surface area contributed by atoms with Crippen LogP contribution in [0.4, 0.5) is 6.01 Å². The smallest absolute Gasteiger partial charge is 0.324 e. The van der Waals surface area contributed by atoms with E-state index in [4.69, 9.17) is 27.7 Å². The molecule has 128 valence electrons. The predicted octanol–water partition coefficient (Wildman–Crippen LogP) is 3.40. The van der Waals surface area contributed by atoms with Crippen molar-refractivity contribution >= 4 is 35.1 Å². The minimum absolute atomic E-state index is 0.0512. The second kappa shape index (κ2) is 7.40. The largest absolute Gasteiger partial charge is 0.356 e. The molecule has 1 aromatic heterocycles. The van der Waals surface area contributed by atoms with Gasteiger partial charge in [0.25, 0.3) is 0 Å². The van der Waals surface area contributed by atoms with E-state index < -0.39 is 0 Å². The van der Waals surface area contributed by atoms with Gasteiger partial charge in [-0.1, -0.05) is 28.4 Å². The molecule has 6 nitrogen and oxygen atoms in total. The predicted molar refractivity (Wildman–Crippen MR) is 93.4 cm³/mol. The van der Waals surface area contributed by atoms with Gasteiger partial charge in [0.05, 0.1) is 0 Å². The number of anilines is 1. The quantitative estimate of drug-likeness (QED) is 0.895. The zero-order valence-electron chi connectivity index (χ0n) is 13.3. The van der Waals surface area contributed by atoms with Crippen molar-refractivity contribution in [1.82, 2.24) is 15.5 Å². The first-order valence-electron chi connectivity index (χ1n) is 7.89. The molecule has 0 aliphatic carbocycles. The molecule has 2 aromatic rings. The van der Waals surface area contributed by atoms with E-state index in [9.17, 15) is 4.79 Å². The van der Waals surface area contributed by atoms with Gasteiger partial charge in [-0.15, -0.1) is 0 Å². The molecule has 1 N–H and O–H groups in total. The van der Waals surface area contributed by atoms with E-state index >= 15 is 0 Å². The number of carbonyl (C=O) groups is 1. The van der Waals surface area contributed by atoms with Crippen LogP contribution >= 0.6 is 23.2 Å². The Bertz CT molecular complexity index is 706. The van der Waals surface area contributed by atoms with Crippen LogP contribution in [0.2, 0.25) is 10.0 Å². The van der Waals surface area contributed by atoms with E-state index in [1.165, 1.54) is 0 Å². The number of benzene rings is 1. The molecule has 0 spiro atoms. The van der Waals surface area contributed by atoms with Crippen molar-refractivity contribution in [3.05, 3.63) is 28.2 Å². The van der Waals surface area contributed by atoms with Crippen LogP contribution in [0.25, 0.3) is 11.4 Å². The lowest BCUT2D eigenvalue weighted by Crippen LogP contribution is -2.40. The van der Waals surface area contributed by atoms with Gasteiger partial charge in [-0.3, -0.25) is 4.79 Å². The first-order chi connectivity index (χ1) is 11.6. The summed E-state index contributed by atoms with van der Waals surface area (Å²) in [6.45, 7) is 4.00. The van der Waals surface area contributed by atoms with E-state index in [0.717, 1.165) is 12.8 Å². The standard InChI is InChI=1S/C16H18Cl2N4O2/c1-2-19-15(23)10-3-5-22(6-4-10)16-20-14(21-24-16)11-7-12(17)9-13(18)8-11/h7-10H,2-6H2,1H3,(H,19,23). The zero-order chi connectivity index (χ0) is 17.1. The van der Waals surface area contributed by atoms with E-state index in [2.05, 4.69) is 15.5 Å². The maximum atomic E-state index is 11.9. The molecule has 1 aromatic carbocycles. The Morgan fingerprint density at radius 3 is 2.58 bits per heavy atom. The SMILES string of the molecule is CCNC(=O)C1CCN(c2nc(-c3cc(Cl)cc(Cl)c3)no2)CC1. The van der Waals surface area contributed by atoms with Crippen LogP contribution in [-0.4, -0.2) is 35.7 Å². The topological polar surface area (TPSA) is 71.3 Å². The summed E-state index contributed by atoms with van der Waals surface area (Å²) >= 11 is 12.0. The summed E-state index contributed by atoms with van der Waals surface area (Å²) in [4.78, 5) is 18.3. The molecule has 0 saturated carbocycles. The van der Waals surface area contributed by atoms with E-state index in [1.807, 2.05) is 11.8 Å². The Labute approximate surface area is 150 Å². The molecule has 1 aliphatic heterocycles. The van der Waals surface area contributed by atoms with Crippen molar-refractivity contribution in [2.45, 2.75) is 19.8 Å². The molecule has 0 bridgehead atoms. The highest BCUT2D eigenvalue weighted by molar-refractivity contribution is 6.35. The summed E-state index contributed by atoms with van der Waals surface area (Å²) in [7, 11) is 0. The average Bonchev–Trinajstić information content (AvgIpc) is 3.04. The van der Waals surface area contributed by atoms with Crippen molar-refractivity contribution < 1.29 is 9.32 Å². The number of piperidine rings is 1. The van der Waals surface area contributed by atoms with Crippen molar-refractivity contribution in [2.75, 3.05) is 24.5 Å². The molecular weight excluding hydrogens is 351 g/mol. The van der Waals surface area contributed by atoms with Gasteiger partial charge in [0.1, 0.15) is 0 Å². The summed E-state index contributed by atoms with van der Waals surface area (Å²) in [5, 5.41) is 7.92. The fourth-order valence-corrected chi connectivity index (χ4v) is 3.32. The Kier molecular flexibility index (Phi) is 5.26. The van der Waals surface area contributed by atoms with Crippen LogP contribution in [0.15, 0.2) is 22.7 Å². The van der Waals surface area contributed by atoms with E-state index in [-0.39, 0.29) is 11.8 Å². The molecular formula is C16H18Cl2N4O2. The Hall–Kier alpha value is -1.79. The minimum atomic E-state index is 0.0512. The van der Waals surface area contributed by atoms with Crippen molar-refractivity contribution in [1.29, 1.82) is 0 Å². The molecule has 0 radical (unpaired) electrons. The molecule has 1 fully saturated rings. The summed E-state index contributed by atoms with van der Waals surface area (Å²) in [6.07, 6.45) is 1.54. The molecule has 1 saturated heterocycles. The number of aromatic nitrogens is 2. The molecule has 24 heavy (non-hydrogen) atoms. The normalized spacial score (nSPS) is 15.5. The molecule has 0 atom stereocenters. The maximum Gasteiger partial charge on any atom is 0.324 e. The zero-order valence-corrected chi connectivity index (χ0v) is 14.8. The van der Waals surface area contributed by atoms with Gasteiger partial charge < -0.3 is 14.7 Å². The monoisotopic (exact) mass is 368 g/mol. The minimum Gasteiger partial charge on any atom is -0.356 e. The third kappa shape index (κ3) is 3.82. The van der Waals surface area contributed by atoms with Crippen LogP contribution in [0.5, 0.6) is 0 Å². The molecule has 2 heterocycles. The fourth-order valence-electron chi connectivity index (χ4n) is 2.80. The van der Waals surface area contributed by atoms with Crippen LogP contribution in [0.3, 0.4) is 0 Å². The Balaban J connectivity index is 1.67. The first-order valence-corrected chi connectivity index (χ1v) is 8.65. The Morgan fingerprint density at radius 2 is 1.96 bits per heavy atom. The van der Waals surface area contributed by atoms with Gasteiger partial charge in [0.2, 0.25) is 11.7 Å². The number of nitrogens with zero attached hydrogens (tertiary/aromatic N) is 3. The van der Waals surface area contributed by atoms with Gasteiger partial charge >= 0.3 is 6.01 Å². The highest BCUT2D eigenvalue weighted by Crippen LogP contribution is 2.28. The number of hydrogen-bond donors (Lipinski definition) is 1. The lowest BCUT2D eigenvalue weighted by atomic mass is 9.96. The third-order valence-corrected chi connectivity index (χ3v) is 4.46. The van der Waals surface area contributed by atoms with Crippen LogP contribution in [0, 0.1) is 5.92 Å². The van der Waals surface area contributed by atoms with Crippen LogP contribution < -0.4 is 10.2 Å². The number of carbonyl (C=O) groups excluding carboxylic acids is 1. The van der Waals surface area contributed by atoms with Crippen molar-refractivity contribution in [3.8, 4) is 11.4 Å². The average molecular weight is 369 g/mol. The summed E-state index contributed by atoms with van der Waals surface area (Å²) in [5.41, 5.74) is 0.708. The molecule has 0 unspecified atom stereocenters. The highest BCUT2D eigenvalue weighted by Gasteiger charge is 2.27. The molecule has 3 rings (SSSR count). The first kappa shape index (κ1) is 17.0. The molecule has 8 heteroatoms. The van der Waals surface area contributed by atoms with E-state index in [0.29, 0.717) is 47.1 Å². The molecule has 1 amide bonds. The van der Waals surface area contributed by atoms with Gasteiger partial charge in [-0.05, 0) is 38.0 Å². The number of amides is 1. The van der Waals surface area contributed by atoms with Crippen LogP contribution in [0.1, 0.15) is 19.8 Å². The number of hydrogen-bond acceptors (Lipinski definition) is 5. The fraction of sp³-hybridized carbons (Fsp3) is 0.438.